The maximum atomic E-state index is 11.2. The van der Waals surface area contributed by atoms with Crippen LogP contribution in [-0.2, 0) is 28.9 Å². The molecule has 22 heavy (non-hydrogen) atoms. The molecule has 0 saturated carbocycles. The standard InChI is InChI=1S/C16H18N2O4/c1-10-14(5-7-22-11(2)19)15-9-13(18(20)21)8-12-4-3-6-17(10)16(12)15/h8-9H,3-7H2,1-2H3. The Morgan fingerprint density at radius 1 is 1.45 bits per heavy atom. The van der Waals surface area contributed by atoms with Gasteiger partial charge in [-0.25, -0.2) is 0 Å². The van der Waals surface area contributed by atoms with E-state index in [0.717, 1.165) is 47.1 Å². The van der Waals surface area contributed by atoms with Crippen LogP contribution in [0.15, 0.2) is 12.1 Å². The summed E-state index contributed by atoms with van der Waals surface area (Å²) in [5, 5.41) is 12.1. The van der Waals surface area contributed by atoms with Gasteiger partial charge in [0.15, 0.2) is 0 Å². The highest BCUT2D eigenvalue weighted by Gasteiger charge is 2.23. The molecule has 0 amide bonds. The molecule has 0 unspecified atom stereocenters. The van der Waals surface area contributed by atoms with Crippen LogP contribution in [0.25, 0.3) is 10.9 Å². The van der Waals surface area contributed by atoms with Crippen LogP contribution >= 0.6 is 0 Å². The molecule has 0 fully saturated rings. The highest BCUT2D eigenvalue weighted by Crippen LogP contribution is 2.35. The molecular formula is C16H18N2O4. The van der Waals surface area contributed by atoms with Crippen LogP contribution in [0.5, 0.6) is 0 Å². The number of nitrogens with zero attached hydrogens (tertiary/aromatic N) is 2. The average molecular weight is 302 g/mol. The first-order valence-corrected chi connectivity index (χ1v) is 7.41. The van der Waals surface area contributed by atoms with Crippen LogP contribution in [0.1, 0.15) is 30.2 Å². The largest absolute Gasteiger partial charge is 0.466 e. The van der Waals surface area contributed by atoms with Crippen molar-refractivity contribution in [1.29, 1.82) is 0 Å². The maximum absolute atomic E-state index is 11.2. The molecule has 1 aliphatic rings. The molecule has 0 atom stereocenters. The lowest BCUT2D eigenvalue weighted by Gasteiger charge is -2.16. The first kappa shape index (κ1) is 14.6. The van der Waals surface area contributed by atoms with Gasteiger partial charge in [-0.05, 0) is 30.9 Å². The van der Waals surface area contributed by atoms with Crippen molar-refractivity contribution in [2.24, 2.45) is 0 Å². The molecule has 0 saturated heterocycles. The Balaban J connectivity index is 2.13. The minimum atomic E-state index is -0.340. The number of carbonyl (C=O) groups is 1. The molecule has 0 bridgehead atoms. The monoisotopic (exact) mass is 302 g/mol. The van der Waals surface area contributed by atoms with Gasteiger partial charge in [0.25, 0.3) is 5.69 Å². The molecule has 2 heterocycles. The van der Waals surface area contributed by atoms with Crippen LogP contribution in [0.3, 0.4) is 0 Å². The molecular weight excluding hydrogens is 284 g/mol. The van der Waals surface area contributed by atoms with Crippen LogP contribution in [0, 0.1) is 17.0 Å². The number of carbonyl (C=O) groups excluding carboxylic acids is 1. The summed E-state index contributed by atoms with van der Waals surface area (Å²) in [6, 6.07) is 3.34. The van der Waals surface area contributed by atoms with E-state index in [2.05, 4.69) is 4.57 Å². The number of benzene rings is 1. The van der Waals surface area contributed by atoms with Gasteiger partial charge in [0.1, 0.15) is 0 Å². The molecule has 2 aromatic rings. The maximum Gasteiger partial charge on any atom is 0.302 e. The second-order valence-electron chi connectivity index (χ2n) is 5.67. The molecule has 1 aliphatic heterocycles. The number of ether oxygens (including phenoxy) is 1. The lowest BCUT2D eigenvalue weighted by molar-refractivity contribution is -0.384. The van der Waals surface area contributed by atoms with Crippen molar-refractivity contribution in [2.75, 3.05) is 6.61 Å². The van der Waals surface area contributed by atoms with Crippen molar-refractivity contribution in [3.05, 3.63) is 39.1 Å². The number of hydrogen-bond acceptors (Lipinski definition) is 4. The van der Waals surface area contributed by atoms with E-state index in [0.29, 0.717) is 13.0 Å². The summed E-state index contributed by atoms with van der Waals surface area (Å²) in [6.45, 7) is 4.64. The third-order valence-electron chi connectivity index (χ3n) is 4.31. The van der Waals surface area contributed by atoms with Crippen LogP contribution in [0.2, 0.25) is 0 Å². The third-order valence-corrected chi connectivity index (χ3v) is 4.31. The van der Waals surface area contributed by atoms with Gasteiger partial charge in [-0.3, -0.25) is 14.9 Å². The minimum Gasteiger partial charge on any atom is -0.466 e. The Hall–Kier alpha value is -2.37. The van der Waals surface area contributed by atoms with Crippen LogP contribution in [0.4, 0.5) is 5.69 Å². The predicted molar refractivity (Wildman–Crippen MR) is 82.0 cm³/mol. The molecule has 0 spiro atoms. The highest BCUT2D eigenvalue weighted by molar-refractivity contribution is 5.91. The first-order chi connectivity index (χ1) is 10.5. The van der Waals surface area contributed by atoms with Crippen molar-refractivity contribution in [3.8, 4) is 0 Å². The van der Waals surface area contributed by atoms with E-state index in [4.69, 9.17) is 4.74 Å². The van der Waals surface area contributed by atoms with Crippen LogP contribution < -0.4 is 0 Å². The summed E-state index contributed by atoms with van der Waals surface area (Å²) in [7, 11) is 0. The van der Waals surface area contributed by atoms with Gasteiger partial charge in [-0.2, -0.15) is 0 Å². The number of hydrogen-bond donors (Lipinski definition) is 0. The van der Waals surface area contributed by atoms with Crippen molar-refractivity contribution in [2.45, 2.75) is 39.7 Å². The smallest absolute Gasteiger partial charge is 0.302 e. The number of esters is 1. The van der Waals surface area contributed by atoms with Gasteiger partial charge in [-0.15, -0.1) is 0 Å². The normalized spacial score (nSPS) is 13.4. The number of nitro groups is 1. The number of rotatable bonds is 4. The Labute approximate surface area is 127 Å². The van der Waals surface area contributed by atoms with E-state index in [1.165, 1.54) is 6.92 Å². The van der Waals surface area contributed by atoms with Gasteiger partial charge < -0.3 is 9.30 Å². The number of nitro benzene ring substituents is 1. The van der Waals surface area contributed by atoms with E-state index >= 15 is 0 Å². The zero-order valence-electron chi connectivity index (χ0n) is 12.7. The van der Waals surface area contributed by atoms with E-state index in [1.54, 1.807) is 12.1 Å². The lowest BCUT2D eigenvalue weighted by atomic mass is 10.0. The fourth-order valence-electron chi connectivity index (χ4n) is 3.37. The summed E-state index contributed by atoms with van der Waals surface area (Å²) < 4.78 is 7.27. The fourth-order valence-corrected chi connectivity index (χ4v) is 3.37. The SMILES string of the molecule is CC(=O)OCCc1c(C)n2c3c(cc([N+](=O)[O-])cc13)CCC2. The molecule has 1 aromatic carbocycles. The predicted octanol–water partition coefficient (Wildman–Crippen LogP) is 2.91. The third kappa shape index (κ3) is 2.34. The summed E-state index contributed by atoms with van der Waals surface area (Å²) in [6.07, 6.45) is 2.43. The summed E-state index contributed by atoms with van der Waals surface area (Å²) in [5.74, 6) is -0.308. The molecule has 0 aliphatic carbocycles. The van der Waals surface area contributed by atoms with Gasteiger partial charge in [0, 0.05) is 43.1 Å². The van der Waals surface area contributed by atoms with Crippen molar-refractivity contribution >= 4 is 22.6 Å². The topological polar surface area (TPSA) is 74.4 Å². The number of non-ortho nitro benzene ring substituents is 1. The Kier molecular flexibility index (Phi) is 3.60. The van der Waals surface area contributed by atoms with E-state index in [9.17, 15) is 14.9 Å². The Bertz CT molecular complexity index is 776. The van der Waals surface area contributed by atoms with E-state index in [-0.39, 0.29) is 16.6 Å². The highest BCUT2D eigenvalue weighted by atomic mass is 16.6. The summed E-state index contributed by atoms with van der Waals surface area (Å²) in [4.78, 5) is 21.8. The number of aromatic nitrogens is 1. The summed E-state index contributed by atoms with van der Waals surface area (Å²) >= 11 is 0. The molecule has 116 valence electrons. The molecule has 0 N–H and O–H groups in total. The van der Waals surface area contributed by atoms with Gasteiger partial charge >= 0.3 is 5.97 Å². The molecule has 3 rings (SSSR count). The molecule has 0 radical (unpaired) electrons. The minimum absolute atomic E-state index is 0.135. The quantitative estimate of drug-likeness (QED) is 0.494. The molecule has 6 heteroatoms. The summed E-state index contributed by atoms with van der Waals surface area (Å²) in [5.41, 5.74) is 4.44. The van der Waals surface area contributed by atoms with Gasteiger partial charge in [0.05, 0.1) is 17.0 Å². The lowest BCUT2D eigenvalue weighted by Crippen LogP contribution is -2.09. The van der Waals surface area contributed by atoms with E-state index in [1.807, 2.05) is 6.92 Å². The second-order valence-corrected chi connectivity index (χ2v) is 5.67. The Morgan fingerprint density at radius 3 is 2.91 bits per heavy atom. The Morgan fingerprint density at radius 2 is 2.23 bits per heavy atom. The molecule has 1 aromatic heterocycles. The number of aryl methyl sites for hydroxylation is 2. The first-order valence-electron chi connectivity index (χ1n) is 7.41. The zero-order chi connectivity index (χ0) is 15.9. The van der Waals surface area contributed by atoms with Crippen LogP contribution in [-0.4, -0.2) is 22.1 Å². The van der Waals surface area contributed by atoms with Crippen molar-refractivity contribution in [1.82, 2.24) is 4.57 Å². The average Bonchev–Trinajstić information content (AvgIpc) is 2.74. The fraction of sp³-hybridized carbons (Fsp3) is 0.438. The van der Waals surface area contributed by atoms with Gasteiger partial charge in [-0.1, -0.05) is 0 Å². The van der Waals surface area contributed by atoms with Crippen molar-refractivity contribution in [3.63, 3.8) is 0 Å². The van der Waals surface area contributed by atoms with Crippen molar-refractivity contribution < 1.29 is 14.5 Å². The zero-order valence-corrected chi connectivity index (χ0v) is 12.7. The van der Waals surface area contributed by atoms with Gasteiger partial charge in [0.2, 0.25) is 0 Å². The molecule has 6 nitrogen and oxygen atoms in total. The van der Waals surface area contributed by atoms with E-state index < -0.39 is 0 Å². The second kappa shape index (κ2) is 5.44.